The van der Waals surface area contributed by atoms with Crippen LogP contribution in [-0.2, 0) is 24.1 Å². The Morgan fingerprint density at radius 1 is 1.12 bits per heavy atom. The van der Waals surface area contributed by atoms with E-state index in [4.69, 9.17) is 9.47 Å². The minimum Gasteiger partial charge on any atom is -0.493 e. The zero-order valence-electron chi connectivity index (χ0n) is 20.1. The summed E-state index contributed by atoms with van der Waals surface area (Å²) in [5.74, 6) is 1.53. The van der Waals surface area contributed by atoms with Crippen LogP contribution in [0.25, 0.3) is 0 Å². The molecule has 2 aromatic rings. The predicted octanol–water partition coefficient (Wildman–Crippen LogP) is 1.08. The summed E-state index contributed by atoms with van der Waals surface area (Å²) in [6.07, 6.45) is 3.48. The number of methoxy groups -OCH3 is 2. The first-order chi connectivity index (χ1) is 16.5. The molecule has 0 bridgehead atoms. The molecule has 1 N–H and O–H groups in total. The molecule has 34 heavy (non-hydrogen) atoms. The zero-order chi connectivity index (χ0) is 24.1. The third-order valence-electron chi connectivity index (χ3n) is 6.37. The highest BCUT2D eigenvalue weighted by molar-refractivity contribution is 7.99. The first-order valence-electron chi connectivity index (χ1n) is 11.7. The van der Waals surface area contributed by atoms with Crippen LogP contribution in [0.15, 0.2) is 28.0 Å². The quantitative estimate of drug-likeness (QED) is 0.415. The molecule has 1 aromatic carbocycles. The van der Waals surface area contributed by atoms with Gasteiger partial charge in [0.25, 0.3) is 0 Å². The second kappa shape index (κ2) is 11.1. The summed E-state index contributed by atoms with van der Waals surface area (Å²) in [6.45, 7) is 4.02. The van der Waals surface area contributed by atoms with E-state index in [0.717, 1.165) is 62.3 Å². The molecule has 4 rings (SSSR count). The van der Waals surface area contributed by atoms with Crippen LogP contribution in [0.3, 0.4) is 0 Å². The summed E-state index contributed by atoms with van der Waals surface area (Å²) < 4.78 is 12.4. The summed E-state index contributed by atoms with van der Waals surface area (Å²) in [5, 5.41) is 5.79. The largest absolute Gasteiger partial charge is 0.493 e. The van der Waals surface area contributed by atoms with E-state index in [0.29, 0.717) is 29.5 Å². The molecule has 184 valence electrons. The number of amides is 1. The number of ether oxygens (including phenoxy) is 2. The molecular weight excluding hydrogens is 454 g/mol. The number of nitrogens with one attached hydrogen (secondary N) is 1. The molecule has 0 spiro atoms. The zero-order valence-corrected chi connectivity index (χ0v) is 20.9. The Labute approximate surface area is 204 Å². The fourth-order valence-corrected chi connectivity index (χ4v) is 5.39. The van der Waals surface area contributed by atoms with Crippen molar-refractivity contribution in [2.45, 2.75) is 30.7 Å². The van der Waals surface area contributed by atoms with Gasteiger partial charge >= 0.3 is 5.69 Å². The Hall–Kier alpha value is -2.72. The molecule has 1 aliphatic carbocycles. The van der Waals surface area contributed by atoms with Crippen molar-refractivity contribution in [2.24, 2.45) is 0 Å². The maximum Gasteiger partial charge on any atom is 0.367 e. The van der Waals surface area contributed by atoms with Crippen molar-refractivity contribution in [2.75, 3.05) is 64.8 Å². The normalized spacial score (nSPS) is 15.8. The number of rotatable bonds is 9. The van der Waals surface area contributed by atoms with Crippen molar-refractivity contribution >= 4 is 17.7 Å². The van der Waals surface area contributed by atoms with E-state index in [-0.39, 0.29) is 17.3 Å². The van der Waals surface area contributed by atoms with Gasteiger partial charge in [0.2, 0.25) is 5.91 Å². The first-order valence-corrected chi connectivity index (χ1v) is 12.7. The fourth-order valence-electron chi connectivity index (χ4n) is 4.48. The van der Waals surface area contributed by atoms with Gasteiger partial charge in [-0.2, -0.15) is 4.98 Å². The molecule has 0 radical (unpaired) electrons. The maximum absolute atomic E-state index is 12.9. The average Bonchev–Trinajstić information content (AvgIpc) is 3.33. The smallest absolute Gasteiger partial charge is 0.367 e. The number of hydrogen-bond donors (Lipinski definition) is 1. The van der Waals surface area contributed by atoms with Crippen molar-refractivity contribution < 1.29 is 14.3 Å². The van der Waals surface area contributed by atoms with Gasteiger partial charge in [-0.15, -0.1) is 0 Å². The van der Waals surface area contributed by atoms with Crippen LogP contribution < -0.4 is 25.5 Å². The predicted molar refractivity (Wildman–Crippen MR) is 133 cm³/mol. The monoisotopic (exact) mass is 487 g/mol. The lowest BCUT2D eigenvalue weighted by molar-refractivity contribution is -0.118. The Kier molecular flexibility index (Phi) is 7.99. The summed E-state index contributed by atoms with van der Waals surface area (Å²) in [7, 11) is 5.31. The molecule has 2 aliphatic rings. The van der Waals surface area contributed by atoms with E-state index in [1.165, 1.54) is 11.8 Å². The van der Waals surface area contributed by atoms with Gasteiger partial charge in [-0.3, -0.25) is 4.79 Å². The van der Waals surface area contributed by atoms with Gasteiger partial charge in [0.05, 0.1) is 25.7 Å². The molecule has 0 atom stereocenters. The van der Waals surface area contributed by atoms with Gasteiger partial charge < -0.3 is 24.7 Å². The van der Waals surface area contributed by atoms with Crippen LogP contribution in [0.1, 0.15) is 23.2 Å². The lowest BCUT2D eigenvalue weighted by atomic mass is 10.1. The lowest BCUT2D eigenvalue weighted by Gasteiger charge is -2.35. The number of aromatic nitrogens is 2. The number of nitrogens with zero attached hydrogens (tertiary/aromatic N) is 4. The number of fused-ring (bicyclic) bond motifs is 1. The van der Waals surface area contributed by atoms with E-state index >= 15 is 0 Å². The van der Waals surface area contributed by atoms with Gasteiger partial charge in [-0.25, -0.2) is 9.47 Å². The molecule has 1 fully saturated rings. The minimum atomic E-state index is -0.235. The maximum atomic E-state index is 12.9. The summed E-state index contributed by atoms with van der Waals surface area (Å²) >= 11 is 1.36. The van der Waals surface area contributed by atoms with Gasteiger partial charge in [0.15, 0.2) is 11.5 Å². The van der Waals surface area contributed by atoms with Gasteiger partial charge in [-0.1, -0.05) is 17.8 Å². The number of piperazine rings is 1. The second-order valence-electron chi connectivity index (χ2n) is 8.63. The summed E-state index contributed by atoms with van der Waals surface area (Å²) in [5.41, 5.74) is 3.02. The topological polar surface area (TPSA) is 88.9 Å². The van der Waals surface area contributed by atoms with E-state index < -0.39 is 0 Å². The van der Waals surface area contributed by atoms with Crippen molar-refractivity contribution in [3.63, 3.8) is 0 Å². The summed E-state index contributed by atoms with van der Waals surface area (Å²) in [4.78, 5) is 32.0. The first kappa shape index (κ1) is 24.4. The number of carbonyl (C=O) groups excluding carboxylic acids is 1. The lowest BCUT2D eigenvalue weighted by Crippen LogP contribution is -2.54. The van der Waals surface area contributed by atoms with E-state index in [1.54, 1.807) is 18.9 Å². The van der Waals surface area contributed by atoms with Crippen LogP contribution in [0, 0.1) is 0 Å². The molecular formula is C24H33N5O4S. The molecule has 9 nitrogen and oxygen atoms in total. The van der Waals surface area contributed by atoms with Gasteiger partial charge in [0, 0.05) is 38.3 Å². The van der Waals surface area contributed by atoms with Crippen LogP contribution >= 0.6 is 11.8 Å². The molecule has 10 heteroatoms. The van der Waals surface area contributed by atoms with Crippen molar-refractivity contribution in [1.29, 1.82) is 0 Å². The average molecular weight is 488 g/mol. The van der Waals surface area contributed by atoms with E-state index in [1.807, 2.05) is 18.2 Å². The molecule has 1 amide bonds. The highest BCUT2D eigenvalue weighted by Crippen LogP contribution is 2.30. The molecule has 0 unspecified atom stereocenters. The highest BCUT2D eigenvalue weighted by atomic mass is 32.2. The van der Waals surface area contributed by atoms with Gasteiger partial charge in [0.1, 0.15) is 5.03 Å². The third kappa shape index (κ3) is 5.50. The van der Waals surface area contributed by atoms with Crippen LogP contribution in [0.5, 0.6) is 11.5 Å². The second-order valence-corrected chi connectivity index (χ2v) is 9.59. The summed E-state index contributed by atoms with van der Waals surface area (Å²) in [6, 6.07) is 5.75. The Balaban J connectivity index is 1.34. The Morgan fingerprint density at radius 2 is 1.88 bits per heavy atom. The number of carbonyl (C=O) groups is 1. The number of benzene rings is 1. The SMILES string of the molecule is COc1ccc(CCNC(=O)CSc2nc(=O)n(N3CCN(C)CC3)c3c2CCC3)cc1OC. The van der Waals surface area contributed by atoms with Crippen molar-refractivity contribution in [1.82, 2.24) is 19.9 Å². The van der Waals surface area contributed by atoms with Crippen molar-refractivity contribution in [3.05, 3.63) is 45.5 Å². The van der Waals surface area contributed by atoms with Crippen LogP contribution in [0.4, 0.5) is 0 Å². The van der Waals surface area contributed by atoms with E-state index in [9.17, 15) is 9.59 Å². The molecule has 1 aromatic heterocycles. The highest BCUT2D eigenvalue weighted by Gasteiger charge is 2.26. The van der Waals surface area contributed by atoms with E-state index in [2.05, 4.69) is 27.3 Å². The molecule has 0 saturated carbocycles. The number of hydrogen-bond acceptors (Lipinski definition) is 8. The molecule has 1 aliphatic heterocycles. The fraction of sp³-hybridized carbons (Fsp3) is 0.542. The van der Waals surface area contributed by atoms with Crippen LogP contribution in [-0.4, -0.2) is 80.2 Å². The number of thioether (sulfide) groups is 1. The van der Waals surface area contributed by atoms with Gasteiger partial charge in [-0.05, 0) is 50.4 Å². The Morgan fingerprint density at radius 3 is 2.62 bits per heavy atom. The Bertz CT molecular complexity index is 1080. The molecule has 2 heterocycles. The number of likely N-dealkylation sites (N-methyl/N-ethyl adjacent to an activating group) is 1. The molecule has 1 saturated heterocycles. The van der Waals surface area contributed by atoms with Crippen molar-refractivity contribution in [3.8, 4) is 11.5 Å². The standard InChI is InChI=1S/C24H33N5O4S/c1-27-11-13-28(14-12-27)29-19-6-4-5-18(19)23(26-24(29)31)34-16-22(30)25-10-9-17-7-8-20(32-2)21(15-17)33-3/h7-8,15H,4-6,9-14,16H2,1-3H3,(H,25,30). The van der Waals surface area contributed by atoms with Crippen LogP contribution in [0.2, 0.25) is 0 Å². The third-order valence-corrected chi connectivity index (χ3v) is 7.38. The minimum absolute atomic E-state index is 0.0673.